The second-order valence-electron chi connectivity index (χ2n) is 9.31. The molecule has 3 unspecified atom stereocenters. The third-order valence-corrected chi connectivity index (χ3v) is 7.97. The number of rotatable bonds is 4. The molecule has 1 amide bonds. The van der Waals surface area contributed by atoms with Gasteiger partial charge in [0.1, 0.15) is 10.8 Å². The first kappa shape index (κ1) is 25.3. The Bertz CT molecular complexity index is 1300. The van der Waals surface area contributed by atoms with E-state index in [2.05, 4.69) is 15.3 Å². The van der Waals surface area contributed by atoms with Gasteiger partial charge < -0.3 is 10.2 Å². The molecule has 190 valence electrons. The molecule has 2 aromatic rings. The fraction of sp³-hybridized carbons (Fsp3) is 0.500. The molecule has 2 N–H and O–H groups in total. The number of amides is 1. The number of nitrogens with zero attached hydrogens (tertiary/aromatic N) is 3. The average Bonchev–Trinajstić information content (AvgIpc) is 3.29. The van der Waals surface area contributed by atoms with Gasteiger partial charge in [-0.25, -0.2) is 27.7 Å². The van der Waals surface area contributed by atoms with Gasteiger partial charge in [0.2, 0.25) is 0 Å². The van der Waals surface area contributed by atoms with Crippen LogP contribution in [0, 0.1) is 23.0 Å². The highest BCUT2D eigenvalue weighted by molar-refractivity contribution is 7.91. The van der Waals surface area contributed by atoms with Crippen molar-refractivity contribution in [1.29, 1.82) is 4.78 Å². The summed E-state index contributed by atoms with van der Waals surface area (Å²) in [7, 11) is -3.20. The van der Waals surface area contributed by atoms with Crippen LogP contribution in [0.15, 0.2) is 29.6 Å². The Morgan fingerprint density at radius 3 is 2.51 bits per heavy atom. The molecule has 1 spiro atoms. The lowest BCUT2D eigenvalue weighted by Gasteiger charge is -2.39. The Kier molecular flexibility index (Phi) is 5.85. The summed E-state index contributed by atoms with van der Waals surface area (Å²) in [6, 6.07) is 2.57. The van der Waals surface area contributed by atoms with Crippen molar-refractivity contribution >= 4 is 27.1 Å². The van der Waals surface area contributed by atoms with Crippen LogP contribution < -0.4 is 10.2 Å². The van der Waals surface area contributed by atoms with Crippen LogP contribution >= 0.6 is 0 Å². The quantitative estimate of drug-likeness (QED) is 0.559. The monoisotopic (exact) mass is 517 g/mol. The predicted octanol–water partition coefficient (Wildman–Crippen LogP) is 4.96. The topological polar surface area (TPSA) is 99.0 Å². The van der Waals surface area contributed by atoms with E-state index < -0.39 is 44.6 Å². The maximum atomic E-state index is 14.0. The van der Waals surface area contributed by atoms with Crippen molar-refractivity contribution in [2.45, 2.75) is 43.8 Å². The highest BCUT2D eigenvalue weighted by Crippen LogP contribution is 2.68. The second-order valence-corrected chi connectivity index (χ2v) is 11.4. The number of pyridine rings is 2. The van der Waals surface area contributed by atoms with E-state index in [1.807, 2.05) is 0 Å². The standard InChI is InChI=1S/C22H24F5N5O2S/c1-12-10-32(7-5-20(12)11-21(20,23)24)18-17(13(2)15(9-30-18)22(25,26)27)19(33)31-14-4-6-29-16(8-14)35(3,28)34/h4,6,8-9,12,28H,5,7,10-11H2,1-3H3,(H,29,31,33). The van der Waals surface area contributed by atoms with Gasteiger partial charge in [0.05, 0.1) is 20.9 Å². The van der Waals surface area contributed by atoms with Crippen LogP contribution in [0.25, 0.3) is 0 Å². The summed E-state index contributed by atoms with van der Waals surface area (Å²) in [5.74, 6) is -4.14. The van der Waals surface area contributed by atoms with Crippen LogP contribution in [-0.4, -0.2) is 45.4 Å². The number of nitrogens with one attached hydrogen (secondary N) is 2. The summed E-state index contributed by atoms with van der Waals surface area (Å²) in [5, 5.41) is 2.38. The first-order chi connectivity index (χ1) is 16.1. The van der Waals surface area contributed by atoms with E-state index in [0.717, 1.165) is 13.2 Å². The molecular weight excluding hydrogens is 493 g/mol. The van der Waals surface area contributed by atoms with Gasteiger partial charge in [-0.05, 0) is 37.0 Å². The van der Waals surface area contributed by atoms with Gasteiger partial charge in [-0.3, -0.25) is 4.79 Å². The van der Waals surface area contributed by atoms with E-state index in [1.54, 1.807) is 11.8 Å². The van der Waals surface area contributed by atoms with Gasteiger partial charge in [0.25, 0.3) is 11.8 Å². The highest BCUT2D eigenvalue weighted by atomic mass is 32.2. The Hall–Kier alpha value is -2.83. The van der Waals surface area contributed by atoms with E-state index >= 15 is 0 Å². The zero-order valence-electron chi connectivity index (χ0n) is 19.2. The normalized spacial score (nSPS) is 25.3. The summed E-state index contributed by atoms with van der Waals surface area (Å²) in [4.78, 5) is 22.6. The lowest BCUT2D eigenvalue weighted by atomic mass is 9.82. The Morgan fingerprint density at radius 1 is 1.31 bits per heavy atom. The number of piperidine rings is 1. The van der Waals surface area contributed by atoms with Crippen molar-refractivity contribution in [3.8, 4) is 0 Å². The predicted molar refractivity (Wildman–Crippen MR) is 119 cm³/mol. The van der Waals surface area contributed by atoms with Gasteiger partial charge in [0.15, 0.2) is 0 Å². The van der Waals surface area contributed by atoms with E-state index in [9.17, 15) is 31.0 Å². The number of hydrogen-bond acceptors (Lipinski definition) is 6. The highest BCUT2D eigenvalue weighted by Gasteiger charge is 2.73. The molecule has 13 heteroatoms. The van der Waals surface area contributed by atoms with Gasteiger partial charge >= 0.3 is 6.18 Å². The summed E-state index contributed by atoms with van der Waals surface area (Å²) < 4.78 is 88.5. The molecule has 3 atom stereocenters. The van der Waals surface area contributed by atoms with Crippen LogP contribution in [0.1, 0.15) is 41.3 Å². The minimum absolute atomic E-state index is 0.0206. The number of anilines is 2. The third-order valence-electron chi connectivity index (χ3n) is 6.95. The fourth-order valence-corrected chi connectivity index (χ4v) is 5.42. The number of alkyl halides is 5. The lowest BCUT2D eigenvalue weighted by Crippen LogP contribution is -2.44. The van der Waals surface area contributed by atoms with Gasteiger partial charge in [0, 0.05) is 49.3 Å². The SMILES string of the molecule is Cc1c(C(F)(F)F)cnc(N2CCC3(CC3(F)F)C(C)C2)c1C(=O)Nc1ccnc(S(C)(=N)=O)c1. The van der Waals surface area contributed by atoms with Crippen LogP contribution in [-0.2, 0) is 15.9 Å². The van der Waals surface area contributed by atoms with Crippen molar-refractivity contribution in [1.82, 2.24) is 9.97 Å². The number of aromatic nitrogens is 2. The molecule has 0 aromatic carbocycles. The average molecular weight is 518 g/mol. The Morgan fingerprint density at radius 2 is 1.97 bits per heavy atom. The first-order valence-electron chi connectivity index (χ1n) is 10.8. The minimum Gasteiger partial charge on any atom is -0.356 e. The summed E-state index contributed by atoms with van der Waals surface area (Å²) in [6.07, 6.45) is -1.83. The lowest BCUT2D eigenvalue weighted by molar-refractivity contribution is -0.138. The number of carbonyl (C=O) groups is 1. The Labute approximate surface area is 199 Å². The van der Waals surface area contributed by atoms with Crippen LogP contribution in [0.2, 0.25) is 0 Å². The van der Waals surface area contributed by atoms with Crippen molar-refractivity contribution < 1.29 is 31.0 Å². The second kappa shape index (κ2) is 8.10. The number of carbonyl (C=O) groups excluding carboxylic acids is 1. The molecule has 0 radical (unpaired) electrons. The van der Waals surface area contributed by atoms with Crippen LogP contribution in [0.4, 0.5) is 33.5 Å². The molecule has 2 aromatic heterocycles. The molecule has 2 fully saturated rings. The zero-order valence-corrected chi connectivity index (χ0v) is 20.0. The van der Waals surface area contributed by atoms with Crippen molar-refractivity contribution in [3.05, 3.63) is 41.2 Å². The molecule has 3 heterocycles. The minimum atomic E-state index is -4.76. The van der Waals surface area contributed by atoms with E-state index in [1.165, 1.54) is 18.3 Å². The van der Waals surface area contributed by atoms with Gasteiger partial charge in [-0.15, -0.1) is 0 Å². The molecule has 35 heavy (non-hydrogen) atoms. The maximum absolute atomic E-state index is 14.0. The van der Waals surface area contributed by atoms with Crippen LogP contribution in [0.5, 0.6) is 0 Å². The summed E-state index contributed by atoms with van der Waals surface area (Å²) in [5.41, 5.74) is -2.79. The molecule has 1 aliphatic heterocycles. The van der Waals surface area contributed by atoms with Gasteiger partial charge in [-0.2, -0.15) is 13.2 Å². The Balaban J connectivity index is 1.72. The first-order valence-corrected chi connectivity index (χ1v) is 12.7. The van der Waals surface area contributed by atoms with Crippen molar-refractivity contribution in [3.63, 3.8) is 0 Å². The van der Waals surface area contributed by atoms with E-state index in [-0.39, 0.29) is 53.6 Å². The molecule has 2 aliphatic rings. The smallest absolute Gasteiger partial charge is 0.356 e. The maximum Gasteiger partial charge on any atom is 0.418 e. The summed E-state index contributed by atoms with van der Waals surface area (Å²) in [6.45, 7) is 3.07. The molecule has 1 saturated heterocycles. The number of hydrogen-bond donors (Lipinski definition) is 2. The van der Waals surface area contributed by atoms with Gasteiger partial charge in [-0.1, -0.05) is 6.92 Å². The fourth-order valence-electron chi connectivity index (χ4n) is 4.81. The van der Waals surface area contributed by atoms with E-state index in [0.29, 0.717) is 6.20 Å². The van der Waals surface area contributed by atoms with Crippen molar-refractivity contribution in [2.24, 2.45) is 11.3 Å². The molecular formula is C22H24F5N5O2S. The van der Waals surface area contributed by atoms with Crippen molar-refractivity contribution in [2.75, 3.05) is 29.6 Å². The number of halogens is 5. The molecule has 1 saturated carbocycles. The largest absolute Gasteiger partial charge is 0.418 e. The molecule has 1 aliphatic carbocycles. The summed E-state index contributed by atoms with van der Waals surface area (Å²) >= 11 is 0. The third kappa shape index (κ3) is 4.45. The van der Waals surface area contributed by atoms with E-state index in [4.69, 9.17) is 4.78 Å². The van der Waals surface area contributed by atoms with Crippen LogP contribution in [0.3, 0.4) is 0 Å². The zero-order chi connectivity index (χ0) is 26.0. The molecule has 4 rings (SSSR count). The molecule has 7 nitrogen and oxygen atoms in total. The molecule has 0 bridgehead atoms.